The predicted octanol–water partition coefficient (Wildman–Crippen LogP) is 3.82. The average molecular weight is 448 g/mol. The molecule has 32 heavy (non-hydrogen) atoms. The molecule has 1 unspecified atom stereocenters. The number of furan rings is 2. The molecule has 10 heteroatoms. The molecule has 160 valence electrons. The highest BCUT2D eigenvalue weighted by Crippen LogP contribution is 2.35. The van der Waals surface area contributed by atoms with Crippen LogP contribution in [0.1, 0.15) is 6.42 Å². The van der Waals surface area contributed by atoms with E-state index in [1.165, 1.54) is 17.4 Å². The maximum atomic E-state index is 13.0. The van der Waals surface area contributed by atoms with Gasteiger partial charge in [0.25, 0.3) is 0 Å². The number of methoxy groups -OCH3 is 1. The molecule has 0 saturated carbocycles. The SMILES string of the molecule is COc1ccc(N2C(=O)CC(Sc3nnc(-c4ccco4)c(-c4ccco4)n3)C2=O)cc1. The van der Waals surface area contributed by atoms with Gasteiger partial charge >= 0.3 is 0 Å². The lowest BCUT2D eigenvalue weighted by molar-refractivity contribution is -0.121. The average Bonchev–Trinajstić information content (AvgIpc) is 3.57. The first kappa shape index (κ1) is 20.0. The van der Waals surface area contributed by atoms with Gasteiger partial charge in [-0.2, -0.15) is 0 Å². The van der Waals surface area contributed by atoms with Gasteiger partial charge in [-0.25, -0.2) is 9.88 Å². The van der Waals surface area contributed by atoms with Gasteiger partial charge in [-0.1, -0.05) is 11.8 Å². The second-order valence-corrected chi connectivity index (χ2v) is 7.99. The number of aromatic nitrogens is 3. The van der Waals surface area contributed by atoms with E-state index < -0.39 is 5.25 Å². The van der Waals surface area contributed by atoms with Crippen molar-refractivity contribution < 1.29 is 23.2 Å². The molecule has 1 aromatic carbocycles. The normalized spacial score (nSPS) is 16.0. The summed E-state index contributed by atoms with van der Waals surface area (Å²) in [4.78, 5) is 31.3. The number of rotatable bonds is 6. The summed E-state index contributed by atoms with van der Waals surface area (Å²) < 4.78 is 16.1. The molecule has 5 rings (SSSR count). The second kappa shape index (κ2) is 8.31. The molecule has 4 aromatic rings. The Morgan fingerprint density at radius 1 is 0.969 bits per heavy atom. The summed E-state index contributed by atoms with van der Waals surface area (Å²) >= 11 is 1.09. The molecule has 2 amide bonds. The van der Waals surface area contributed by atoms with Crippen LogP contribution in [0.25, 0.3) is 22.9 Å². The highest BCUT2D eigenvalue weighted by molar-refractivity contribution is 8.00. The van der Waals surface area contributed by atoms with Crippen LogP contribution in [0.4, 0.5) is 5.69 Å². The van der Waals surface area contributed by atoms with Crippen molar-refractivity contribution in [3.05, 3.63) is 61.1 Å². The number of carbonyl (C=O) groups excluding carboxylic acids is 2. The Morgan fingerprint density at radius 2 is 1.66 bits per heavy atom. The van der Waals surface area contributed by atoms with Crippen LogP contribution >= 0.6 is 11.8 Å². The second-order valence-electron chi connectivity index (χ2n) is 6.82. The van der Waals surface area contributed by atoms with Crippen LogP contribution in [0.3, 0.4) is 0 Å². The summed E-state index contributed by atoms with van der Waals surface area (Å²) in [7, 11) is 1.55. The standard InChI is InChI=1S/C22H16N4O5S/c1-29-14-8-6-13(7-9-14)26-18(27)12-17(21(26)28)32-22-23-19(15-4-2-10-30-15)20(24-25-22)16-5-3-11-31-16/h2-11,17H,12H2,1H3. The number of hydrogen-bond acceptors (Lipinski definition) is 9. The fraction of sp³-hybridized carbons (Fsp3) is 0.136. The van der Waals surface area contributed by atoms with Crippen LogP contribution in [0.15, 0.2) is 75.0 Å². The zero-order chi connectivity index (χ0) is 22.1. The minimum Gasteiger partial charge on any atom is -0.497 e. The molecule has 1 fully saturated rings. The van der Waals surface area contributed by atoms with Gasteiger partial charge in [-0.15, -0.1) is 10.2 Å². The van der Waals surface area contributed by atoms with Crippen molar-refractivity contribution >= 4 is 29.3 Å². The number of ether oxygens (including phenoxy) is 1. The van der Waals surface area contributed by atoms with E-state index in [4.69, 9.17) is 13.6 Å². The smallest absolute Gasteiger partial charge is 0.247 e. The number of thioether (sulfide) groups is 1. The van der Waals surface area contributed by atoms with E-state index in [2.05, 4.69) is 15.2 Å². The molecule has 0 radical (unpaired) electrons. The van der Waals surface area contributed by atoms with Crippen LogP contribution in [-0.4, -0.2) is 39.4 Å². The molecule has 1 aliphatic rings. The Labute approximate surface area is 186 Å². The zero-order valence-electron chi connectivity index (χ0n) is 16.8. The van der Waals surface area contributed by atoms with Gasteiger partial charge < -0.3 is 13.6 Å². The molecule has 9 nitrogen and oxygen atoms in total. The van der Waals surface area contributed by atoms with Gasteiger partial charge in [-0.05, 0) is 48.5 Å². The van der Waals surface area contributed by atoms with E-state index >= 15 is 0 Å². The number of hydrogen-bond donors (Lipinski definition) is 0. The lowest BCUT2D eigenvalue weighted by atomic mass is 10.2. The van der Waals surface area contributed by atoms with Crippen molar-refractivity contribution in [2.75, 3.05) is 12.0 Å². The predicted molar refractivity (Wildman–Crippen MR) is 115 cm³/mol. The molecule has 1 aliphatic heterocycles. The molecule has 4 heterocycles. The minimum atomic E-state index is -0.662. The molecule has 0 aliphatic carbocycles. The minimum absolute atomic E-state index is 0.0366. The van der Waals surface area contributed by atoms with Crippen molar-refractivity contribution in [3.8, 4) is 28.7 Å². The summed E-state index contributed by atoms with van der Waals surface area (Å²) in [5, 5.41) is 8.00. The first-order chi connectivity index (χ1) is 15.6. The topological polar surface area (TPSA) is 112 Å². The van der Waals surface area contributed by atoms with Crippen LogP contribution in [0, 0.1) is 0 Å². The number of benzene rings is 1. The number of anilines is 1. The maximum Gasteiger partial charge on any atom is 0.247 e. The van der Waals surface area contributed by atoms with Crippen molar-refractivity contribution in [2.45, 2.75) is 16.8 Å². The summed E-state index contributed by atoms with van der Waals surface area (Å²) in [6.45, 7) is 0. The Balaban J connectivity index is 1.42. The van der Waals surface area contributed by atoms with Gasteiger partial charge in [0.2, 0.25) is 17.0 Å². The number of nitrogens with zero attached hydrogens (tertiary/aromatic N) is 4. The zero-order valence-corrected chi connectivity index (χ0v) is 17.6. The van der Waals surface area contributed by atoms with E-state index in [9.17, 15) is 9.59 Å². The van der Waals surface area contributed by atoms with Crippen LogP contribution in [0.5, 0.6) is 5.75 Å². The molecule has 1 saturated heterocycles. The van der Waals surface area contributed by atoms with E-state index in [1.807, 2.05) is 0 Å². The van der Waals surface area contributed by atoms with Crippen LogP contribution in [0.2, 0.25) is 0 Å². The fourth-order valence-electron chi connectivity index (χ4n) is 3.35. The molecule has 0 N–H and O–H groups in total. The Bertz CT molecular complexity index is 1260. The van der Waals surface area contributed by atoms with E-state index in [1.54, 1.807) is 55.6 Å². The molecule has 0 spiro atoms. The maximum absolute atomic E-state index is 13.0. The van der Waals surface area contributed by atoms with Crippen LogP contribution < -0.4 is 9.64 Å². The quantitative estimate of drug-likeness (QED) is 0.406. The van der Waals surface area contributed by atoms with E-state index in [0.717, 1.165) is 11.8 Å². The highest BCUT2D eigenvalue weighted by atomic mass is 32.2. The third-order valence-electron chi connectivity index (χ3n) is 4.86. The Morgan fingerprint density at radius 3 is 2.28 bits per heavy atom. The number of amides is 2. The molecule has 3 aromatic heterocycles. The van der Waals surface area contributed by atoms with E-state index in [0.29, 0.717) is 34.3 Å². The Kier molecular flexibility index (Phi) is 5.20. The summed E-state index contributed by atoms with van der Waals surface area (Å²) in [5.41, 5.74) is 1.35. The van der Waals surface area contributed by atoms with Crippen molar-refractivity contribution in [3.63, 3.8) is 0 Å². The molecule has 1 atom stereocenters. The largest absolute Gasteiger partial charge is 0.497 e. The van der Waals surface area contributed by atoms with E-state index in [-0.39, 0.29) is 23.4 Å². The summed E-state index contributed by atoms with van der Waals surface area (Å²) in [6.07, 6.45) is 3.10. The number of imide groups is 1. The van der Waals surface area contributed by atoms with Crippen LogP contribution in [-0.2, 0) is 9.59 Å². The number of carbonyl (C=O) groups is 2. The van der Waals surface area contributed by atoms with Crippen molar-refractivity contribution in [1.29, 1.82) is 0 Å². The van der Waals surface area contributed by atoms with Crippen molar-refractivity contribution in [1.82, 2.24) is 15.2 Å². The third kappa shape index (κ3) is 3.65. The Hall–Kier alpha value is -3.92. The third-order valence-corrected chi connectivity index (χ3v) is 5.90. The first-order valence-corrected chi connectivity index (χ1v) is 10.5. The fourth-order valence-corrected chi connectivity index (χ4v) is 4.27. The first-order valence-electron chi connectivity index (χ1n) is 9.64. The van der Waals surface area contributed by atoms with Gasteiger partial charge in [0.1, 0.15) is 16.7 Å². The van der Waals surface area contributed by atoms with Crippen molar-refractivity contribution in [2.24, 2.45) is 0 Å². The van der Waals surface area contributed by atoms with Gasteiger partial charge in [0.15, 0.2) is 17.2 Å². The summed E-state index contributed by atoms with van der Waals surface area (Å²) in [5.74, 6) is 1.00. The van der Waals surface area contributed by atoms with Gasteiger partial charge in [0.05, 0.1) is 25.3 Å². The molecular formula is C22H16N4O5S. The lowest BCUT2D eigenvalue weighted by Crippen LogP contribution is -2.31. The molecule has 0 bridgehead atoms. The summed E-state index contributed by atoms with van der Waals surface area (Å²) in [6, 6.07) is 13.7. The van der Waals surface area contributed by atoms with Gasteiger partial charge in [-0.3, -0.25) is 9.59 Å². The highest BCUT2D eigenvalue weighted by Gasteiger charge is 2.41. The molecular weight excluding hydrogens is 432 g/mol. The van der Waals surface area contributed by atoms with Gasteiger partial charge in [0, 0.05) is 6.42 Å². The lowest BCUT2D eigenvalue weighted by Gasteiger charge is -2.15. The monoisotopic (exact) mass is 448 g/mol.